The molecule has 27 heavy (non-hydrogen) atoms. The number of benzene rings is 2. The first-order valence-corrected chi connectivity index (χ1v) is 9.13. The van der Waals surface area contributed by atoms with Gasteiger partial charge in [-0.15, -0.1) is 0 Å². The molecule has 0 bridgehead atoms. The Kier molecular flexibility index (Phi) is 5.79. The van der Waals surface area contributed by atoms with Gasteiger partial charge < -0.3 is 14.9 Å². The molecule has 3 rings (SSSR count). The lowest BCUT2D eigenvalue weighted by Gasteiger charge is -2.35. The Balaban J connectivity index is 1.73. The number of phenols is 1. The van der Waals surface area contributed by atoms with E-state index in [1.54, 1.807) is 0 Å². The van der Waals surface area contributed by atoms with Gasteiger partial charge in [0.15, 0.2) is 0 Å². The lowest BCUT2D eigenvalue weighted by Crippen LogP contribution is -2.50. The number of carbonyl (C=O) groups excluding carboxylic acids is 2. The van der Waals surface area contributed by atoms with Crippen LogP contribution < -0.4 is 0 Å². The van der Waals surface area contributed by atoms with E-state index in [1.165, 1.54) is 40.1 Å². The average Bonchev–Trinajstić information content (AvgIpc) is 2.66. The molecule has 0 unspecified atom stereocenters. The molecule has 1 aliphatic rings. The SMILES string of the molecule is O=C(c1cccc(F)c1)N1CCN(C(=O)c2c(O)c(Cl)cc(Cl)c2Cl)CC1. The molecular weight excluding hydrogens is 418 g/mol. The molecule has 1 saturated heterocycles. The molecule has 1 fully saturated rings. The molecule has 1 aliphatic heterocycles. The van der Waals surface area contributed by atoms with Crippen LogP contribution >= 0.6 is 34.8 Å². The number of nitrogens with zero attached hydrogens (tertiary/aromatic N) is 2. The minimum absolute atomic E-state index is 0.0581. The predicted octanol–water partition coefficient (Wildman–Crippen LogP) is 4.09. The molecule has 0 saturated carbocycles. The van der Waals surface area contributed by atoms with Crippen LogP contribution in [0.4, 0.5) is 4.39 Å². The Bertz CT molecular complexity index is 889. The van der Waals surface area contributed by atoms with Gasteiger partial charge >= 0.3 is 0 Å². The Morgan fingerprint density at radius 3 is 2.11 bits per heavy atom. The lowest BCUT2D eigenvalue weighted by atomic mass is 10.1. The van der Waals surface area contributed by atoms with Gasteiger partial charge in [-0.05, 0) is 24.3 Å². The molecule has 142 valence electrons. The third-order valence-electron chi connectivity index (χ3n) is 4.29. The first-order chi connectivity index (χ1) is 12.8. The predicted molar refractivity (Wildman–Crippen MR) is 101 cm³/mol. The fourth-order valence-electron chi connectivity index (χ4n) is 2.86. The highest BCUT2D eigenvalue weighted by molar-refractivity contribution is 6.45. The summed E-state index contributed by atoms with van der Waals surface area (Å²) in [6.07, 6.45) is 0. The number of hydrogen-bond donors (Lipinski definition) is 1. The molecule has 1 heterocycles. The van der Waals surface area contributed by atoms with Crippen molar-refractivity contribution in [2.75, 3.05) is 26.2 Å². The molecular formula is C18H14Cl3FN2O3. The number of carbonyl (C=O) groups is 2. The van der Waals surface area contributed by atoms with E-state index in [4.69, 9.17) is 34.8 Å². The van der Waals surface area contributed by atoms with E-state index in [0.717, 1.165) is 0 Å². The standard InChI is InChI=1S/C18H14Cl3FN2O3/c19-12-9-13(20)16(25)14(15(12)21)18(27)24-6-4-23(5-7-24)17(26)10-2-1-3-11(22)8-10/h1-3,8-9,25H,4-7H2. The van der Waals surface area contributed by atoms with Crippen LogP contribution in [0.3, 0.4) is 0 Å². The minimum Gasteiger partial charge on any atom is -0.505 e. The number of aromatic hydroxyl groups is 1. The van der Waals surface area contributed by atoms with Crippen molar-refractivity contribution in [3.05, 3.63) is 62.3 Å². The third-order valence-corrected chi connectivity index (χ3v) is 5.36. The van der Waals surface area contributed by atoms with E-state index < -0.39 is 17.5 Å². The van der Waals surface area contributed by atoms with Crippen molar-refractivity contribution >= 4 is 46.6 Å². The topological polar surface area (TPSA) is 60.9 Å². The van der Waals surface area contributed by atoms with Crippen molar-refractivity contribution < 1.29 is 19.1 Å². The fourth-order valence-corrected chi connectivity index (χ4v) is 3.54. The van der Waals surface area contributed by atoms with E-state index in [0.29, 0.717) is 0 Å². The lowest BCUT2D eigenvalue weighted by molar-refractivity contribution is 0.0533. The number of rotatable bonds is 2. The summed E-state index contributed by atoms with van der Waals surface area (Å²) in [5.74, 6) is -1.76. The smallest absolute Gasteiger partial charge is 0.259 e. The summed E-state index contributed by atoms with van der Waals surface area (Å²) >= 11 is 17.9. The van der Waals surface area contributed by atoms with Crippen molar-refractivity contribution in [1.29, 1.82) is 0 Å². The maximum Gasteiger partial charge on any atom is 0.259 e. The largest absolute Gasteiger partial charge is 0.505 e. The normalized spacial score (nSPS) is 14.4. The number of piperazine rings is 1. The highest BCUT2D eigenvalue weighted by Crippen LogP contribution is 2.39. The summed E-state index contributed by atoms with van der Waals surface area (Å²) in [7, 11) is 0. The van der Waals surface area contributed by atoms with Crippen molar-refractivity contribution in [1.82, 2.24) is 9.80 Å². The average molecular weight is 432 g/mol. The second-order valence-electron chi connectivity index (χ2n) is 5.97. The minimum atomic E-state index is -0.528. The second kappa shape index (κ2) is 7.92. The molecule has 2 aromatic rings. The summed E-state index contributed by atoms with van der Waals surface area (Å²) in [5, 5.41) is 10.00. The van der Waals surface area contributed by atoms with Crippen LogP contribution in [0.1, 0.15) is 20.7 Å². The summed E-state index contributed by atoms with van der Waals surface area (Å²) in [6.45, 7) is 0.959. The molecule has 1 N–H and O–H groups in total. The van der Waals surface area contributed by atoms with Crippen LogP contribution in [-0.4, -0.2) is 52.9 Å². The fraction of sp³-hybridized carbons (Fsp3) is 0.222. The molecule has 0 aromatic heterocycles. The maximum atomic E-state index is 13.3. The summed E-state index contributed by atoms with van der Waals surface area (Å²) in [5.41, 5.74) is 0.0798. The van der Waals surface area contributed by atoms with Gasteiger partial charge in [-0.1, -0.05) is 40.9 Å². The maximum absolute atomic E-state index is 13.3. The van der Waals surface area contributed by atoms with Gasteiger partial charge in [-0.25, -0.2) is 4.39 Å². The van der Waals surface area contributed by atoms with Gasteiger partial charge in [0.25, 0.3) is 11.8 Å². The van der Waals surface area contributed by atoms with Crippen LogP contribution in [-0.2, 0) is 0 Å². The monoisotopic (exact) mass is 430 g/mol. The first kappa shape index (κ1) is 19.7. The van der Waals surface area contributed by atoms with E-state index in [9.17, 15) is 19.1 Å². The van der Waals surface area contributed by atoms with Crippen molar-refractivity contribution in [2.24, 2.45) is 0 Å². The molecule has 0 radical (unpaired) electrons. The molecule has 2 amide bonds. The number of hydrogen-bond acceptors (Lipinski definition) is 3. The number of halogens is 4. The van der Waals surface area contributed by atoms with Gasteiger partial charge in [-0.2, -0.15) is 0 Å². The quantitative estimate of drug-likeness (QED) is 0.729. The Morgan fingerprint density at radius 2 is 1.52 bits per heavy atom. The zero-order valence-corrected chi connectivity index (χ0v) is 16.2. The van der Waals surface area contributed by atoms with E-state index in [1.807, 2.05) is 0 Å². The van der Waals surface area contributed by atoms with E-state index >= 15 is 0 Å². The molecule has 5 nitrogen and oxygen atoms in total. The van der Waals surface area contributed by atoms with Crippen LogP contribution in [0, 0.1) is 5.82 Å². The van der Waals surface area contributed by atoms with Gasteiger partial charge in [0.1, 0.15) is 17.1 Å². The van der Waals surface area contributed by atoms with Gasteiger partial charge in [0, 0.05) is 31.7 Å². The third kappa shape index (κ3) is 3.98. The molecule has 0 atom stereocenters. The Labute approximate surface area is 169 Å². The first-order valence-electron chi connectivity index (χ1n) is 8.00. The second-order valence-corrected chi connectivity index (χ2v) is 7.16. The van der Waals surface area contributed by atoms with Gasteiger partial charge in [0.05, 0.1) is 15.1 Å². The number of amides is 2. The van der Waals surface area contributed by atoms with E-state index in [-0.39, 0.29) is 58.3 Å². The van der Waals surface area contributed by atoms with Crippen LogP contribution in [0.25, 0.3) is 0 Å². The summed E-state index contributed by atoms with van der Waals surface area (Å²) in [4.78, 5) is 28.2. The van der Waals surface area contributed by atoms with Crippen molar-refractivity contribution in [3.8, 4) is 5.75 Å². The number of phenolic OH excluding ortho intramolecular Hbond substituents is 1. The highest BCUT2D eigenvalue weighted by atomic mass is 35.5. The Morgan fingerprint density at radius 1 is 0.926 bits per heavy atom. The molecule has 2 aromatic carbocycles. The molecule has 0 aliphatic carbocycles. The van der Waals surface area contributed by atoms with Crippen LogP contribution in [0.15, 0.2) is 30.3 Å². The zero-order valence-electron chi connectivity index (χ0n) is 13.9. The van der Waals surface area contributed by atoms with Crippen LogP contribution in [0.5, 0.6) is 5.75 Å². The van der Waals surface area contributed by atoms with Gasteiger partial charge in [-0.3, -0.25) is 9.59 Å². The summed E-state index contributed by atoms with van der Waals surface area (Å²) in [6, 6.07) is 6.70. The van der Waals surface area contributed by atoms with Gasteiger partial charge in [0.2, 0.25) is 0 Å². The van der Waals surface area contributed by atoms with Crippen molar-refractivity contribution in [3.63, 3.8) is 0 Å². The van der Waals surface area contributed by atoms with E-state index in [2.05, 4.69) is 0 Å². The van der Waals surface area contributed by atoms with Crippen molar-refractivity contribution in [2.45, 2.75) is 0 Å². The summed E-state index contributed by atoms with van der Waals surface area (Å²) < 4.78 is 13.3. The highest BCUT2D eigenvalue weighted by Gasteiger charge is 2.29. The van der Waals surface area contributed by atoms with Crippen LogP contribution in [0.2, 0.25) is 15.1 Å². The zero-order chi connectivity index (χ0) is 19.7. The Hall–Kier alpha value is -2.02. The molecule has 0 spiro atoms. The molecule has 9 heteroatoms.